The minimum absolute atomic E-state index is 0. The molecule has 0 saturated carbocycles. The highest BCUT2D eigenvalue weighted by molar-refractivity contribution is 5.77. The molecule has 0 aromatic rings. The summed E-state index contributed by atoms with van der Waals surface area (Å²) in [6.45, 7) is 4.48. The van der Waals surface area contributed by atoms with Crippen molar-refractivity contribution in [2.45, 2.75) is 52.4 Å². The first-order valence-electron chi connectivity index (χ1n) is 5.49. The molecule has 0 aliphatic rings. The van der Waals surface area contributed by atoms with Gasteiger partial charge in [0.25, 0.3) is 0 Å². The maximum absolute atomic E-state index is 10.9. The van der Waals surface area contributed by atoms with E-state index in [-0.39, 0.29) is 7.33 Å². The fraction of sp³-hybridized carbons (Fsp3) is 0.818. The standard InChI is InChI=1S/C11H21NO2.H2/c1-3-10(13)8-6-5-7-9-12-11(14)4-2;/h3-9H2,1-2H3,(H,12,14);1H. The summed E-state index contributed by atoms with van der Waals surface area (Å²) in [6.07, 6.45) is 4.84. The zero-order valence-electron chi connectivity index (χ0n) is 9.27. The van der Waals surface area contributed by atoms with E-state index >= 15 is 0 Å². The van der Waals surface area contributed by atoms with Crippen LogP contribution in [0.25, 0.3) is 0 Å². The van der Waals surface area contributed by atoms with Gasteiger partial charge in [-0.2, -0.15) is 0 Å². The molecule has 0 fully saturated rings. The smallest absolute Gasteiger partial charge is 0.219 e. The Kier molecular flexibility index (Phi) is 8.19. The number of amides is 1. The quantitative estimate of drug-likeness (QED) is 0.612. The van der Waals surface area contributed by atoms with E-state index in [0.717, 1.165) is 25.8 Å². The third-order valence-corrected chi connectivity index (χ3v) is 2.17. The number of ketones is 1. The van der Waals surface area contributed by atoms with Crippen molar-refractivity contribution in [1.29, 1.82) is 0 Å². The number of unbranched alkanes of at least 4 members (excludes halogenated alkanes) is 2. The number of hydrogen-bond donors (Lipinski definition) is 1. The van der Waals surface area contributed by atoms with Crippen LogP contribution in [0.5, 0.6) is 0 Å². The molecule has 0 aliphatic carbocycles. The second-order valence-electron chi connectivity index (χ2n) is 3.41. The Balaban J connectivity index is 0. The third kappa shape index (κ3) is 7.77. The van der Waals surface area contributed by atoms with Gasteiger partial charge in [-0.1, -0.05) is 20.3 Å². The second kappa shape index (κ2) is 8.73. The van der Waals surface area contributed by atoms with E-state index in [1.807, 2.05) is 13.8 Å². The van der Waals surface area contributed by atoms with E-state index in [1.165, 1.54) is 0 Å². The van der Waals surface area contributed by atoms with Crippen LogP contribution in [0.4, 0.5) is 0 Å². The number of Topliss-reactive ketones (excluding diaryl/α,β-unsaturated/α-hetero) is 1. The van der Waals surface area contributed by atoms with Gasteiger partial charge in [0.05, 0.1) is 0 Å². The van der Waals surface area contributed by atoms with Gasteiger partial charge >= 0.3 is 0 Å². The lowest BCUT2D eigenvalue weighted by molar-refractivity contribution is -0.121. The zero-order valence-corrected chi connectivity index (χ0v) is 9.27. The van der Waals surface area contributed by atoms with Gasteiger partial charge < -0.3 is 5.32 Å². The molecule has 0 heterocycles. The number of rotatable bonds is 8. The SMILES string of the molecule is CCC(=O)CCCCCNC(=O)CC.[HH]. The molecule has 14 heavy (non-hydrogen) atoms. The van der Waals surface area contributed by atoms with Crippen LogP contribution in [0.2, 0.25) is 0 Å². The monoisotopic (exact) mass is 201 g/mol. The van der Waals surface area contributed by atoms with Crippen molar-refractivity contribution < 1.29 is 11.0 Å². The number of carbonyl (C=O) groups excluding carboxylic acids is 2. The third-order valence-electron chi connectivity index (χ3n) is 2.17. The molecule has 1 amide bonds. The topological polar surface area (TPSA) is 46.2 Å². The highest BCUT2D eigenvalue weighted by atomic mass is 16.1. The largest absolute Gasteiger partial charge is 0.356 e. The van der Waals surface area contributed by atoms with Crippen molar-refractivity contribution >= 4 is 11.7 Å². The first kappa shape index (κ1) is 13.1. The number of hydrogen-bond acceptors (Lipinski definition) is 2. The molecular formula is C11H23NO2. The summed E-state index contributed by atoms with van der Waals surface area (Å²) in [4.78, 5) is 21.8. The van der Waals surface area contributed by atoms with Gasteiger partial charge in [0.2, 0.25) is 5.91 Å². The van der Waals surface area contributed by atoms with Gasteiger partial charge in [-0.15, -0.1) is 0 Å². The zero-order chi connectivity index (χ0) is 10.8. The normalized spacial score (nSPS) is 9.86. The predicted molar refractivity (Wildman–Crippen MR) is 59.2 cm³/mol. The molecular weight excluding hydrogens is 178 g/mol. The van der Waals surface area contributed by atoms with Crippen LogP contribution in [0.1, 0.15) is 53.8 Å². The number of carbonyl (C=O) groups is 2. The van der Waals surface area contributed by atoms with Crippen LogP contribution in [0.3, 0.4) is 0 Å². The first-order chi connectivity index (χ1) is 6.70. The minimum Gasteiger partial charge on any atom is -0.356 e. The summed E-state index contributed by atoms with van der Waals surface area (Å²) in [6, 6.07) is 0. The van der Waals surface area contributed by atoms with Crippen molar-refractivity contribution in [1.82, 2.24) is 5.32 Å². The summed E-state index contributed by atoms with van der Waals surface area (Å²) in [5.74, 6) is 0.442. The van der Waals surface area contributed by atoms with Crippen molar-refractivity contribution in [3.05, 3.63) is 0 Å². The molecule has 0 spiro atoms. The van der Waals surface area contributed by atoms with Crippen LogP contribution in [0.15, 0.2) is 0 Å². The van der Waals surface area contributed by atoms with Gasteiger partial charge in [-0.3, -0.25) is 9.59 Å². The van der Waals surface area contributed by atoms with Gasteiger partial charge in [-0.25, -0.2) is 0 Å². The van der Waals surface area contributed by atoms with Gasteiger partial charge in [0.15, 0.2) is 0 Å². The van der Waals surface area contributed by atoms with Gasteiger partial charge in [0, 0.05) is 27.2 Å². The summed E-state index contributed by atoms with van der Waals surface area (Å²) in [7, 11) is 0. The van der Waals surface area contributed by atoms with Crippen molar-refractivity contribution in [2.75, 3.05) is 6.54 Å². The maximum atomic E-state index is 10.9. The van der Waals surface area contributed by atoms with Crippen molar-refractivity contribution in [2.24, 2.45) is 0 Å². The molecule has 0 bridgehead atoms. The van der Waals surface area contributed by atoms with Crippen LogP contribution in [-0.2, 0) is 9.59 Å². The van der Waals surface area contributed by atoms with Crippen LogP contribution >= 0.6 is 0 Å². The van der Waals surface area contributed by atoms with Crippen LogP contribution in [0, 0.1) is 0 Å². The lowest BCUT2D eigenvalue weighted by Crippen LogP contribution is -2.23. The van der Waals surface area contributed by atoms with E-state index < -0.39 is 0 Å². The lowest BCUT2D eigenvalue weighted by Gasteiger charge is -2.02. The molecule has 0 unspecified atom stereocenters. The molecule has 0 rings (SSSR count). The van der Waals surface area contributed by atoms with Crippen LogP contribution in [-0.4, -0.2) is 18.2 Å². The van der Waals surface area contributed by atoms with E-state index in [9.17, 15) is 9.59 Å². The Morgan fingerprint density at radius 3 is 2.36 bits per heavy atom. The van der Waals surface area contributed by atoms with Crippen molar-refractivity contribution in [3.8, 4) is 0 Å². The molecule has 3 nitrogen and oxygen atoms in total. The minimum atomic E-state index is 0. The highest BCUT2D eigenvalue weighted by Crippen LogP contribution is 2.01. The van der Waals surface area contributed by atoms with E-state index in [4.69, 9.17) is 0 Å². The Morgan fingerprint density at radius 1 is 1.07 bits per heavy atom. The molecule has 0 atom stereocenters. The Labute approximate surface area is 87.7 Å². The first-order valence-corrected chi connectivity index (χ1v) is 5.49. The molecule has 3 heteroatoms. The van der Waals surface area contributed by atoms with E-state index in [0.29, 0.717) is 25.0 Å². The number of nitrogens with one attached hydrogen (secondary N) is 1. The molecule has 0 aromatic heterocycles. The Bertz CT molecular complexity index is 163. The summed E-state index contributed by atoms with van der Waals surface area (Å²) in [5.41, 5.74) is 0. The average Bonchev–Trinajstić information content (AvgIpc) is 2.22. The molecule has 0 saturated heterocycles. The van der Waals surface area contributed by atoms with E-state index in [2.05, 4.69) is 5.32 Å². The molecule has 0 aromatic carbocycles. The summed E-state index contributed by atoms with van der Waals surface area (Å²) < 4.78 is 0. The van der Waals surface area contributed by atoms with Crippen molar-refractivity contribution in [3.63, 3.8) is 0 Å². The van der Waals surface area contributed by atoms with Crippen LogP contribution < -0.4 is 5.32 Å². The maximum Gasteiger partial charge on any atom is 0.219 e. The fourth-order valence-corrected chi connectivity index (χ4v) is 1.15. The van der Waals surface area contributed by atoms with Gasteiger partial charge in [-0.05, 0) is 12.8 Å². The molecule has 1 N–H and O–H groups in total. The molecule has 0 aliphatic heterocycles. The molecule has 84 valence electrons. The van der Waals surface area contributed by atoms with Gasteiger partial charge in [0.1, 0.15) is 5.78 Å². The van der Waals surface area contributed by atoms with E-state index in [1.54, 1.807) is 0 Å². The summed E-state index contributed by atoms with van der Waals surface area (Å²) in [5, 5.41) is 2.81. The summed E-state index contributed by atoms with van der Waals surface area (Å²) >= 11 is 0. The predicted octanol–water partition coefficient (Wildman–Crippen LogP) is 2.30. The lowest BCUT2D eigenvalue weighted by atomic mass is 10.1. The fourth-order valence-electron chi connectivity index (χ4n) is 1.15. The molecule has 0 radical (unpaired) electrons. The Hall–Kier alpha value is -0.860. The second-order valence-corrected chi connectivity index (χ2v) is 3.41. The Morgan fingerprint density at radius 2 is 1.79 bits per heavy atom. The average molecular weight is 201 g/mol. The highest BCUT2D eigenvalue weighted by Gasteiger charge is 1.98.